The molecule has 0 saturated heterocycles. The third kappa shape index (κ3) is 4.70. The predicted octanol–water partition coefficient (Wildman–Crippen LogP) is 3.72. The summed E-state index contributed by atoms with van der Waals surface area (Å²) in [5.41, 5.74) is 1.17. The standard InChI is InChI=1S/C21H26N6O2/c1-2-7-18-25-21(29-26-18)15-10-11-22-19(12-15)27-13-17(23-14-27)20(28)24-16-8-5-3-4-6-9-16/h10-14,16H,2-9H2,1H3,(H,24,28). The molecule has 0 bridgehead atoms. The highest BCUT2D eigenvalue weighted by Crippen LogP contribution is 2.20. The summed E-state index contributed by atoms with van der Waals surface area (Å²) in [6.45, 7) is 2.07. The Balaban J connectivity index is 1.48. The van der Waals surface area contributed by atoms with Gasteiger partial charge in [0.15, 0.2) is 5.82 Å². The molecule has 1 fully saturated rings. The van der Waals surface area contributed by atoms with Crippen molar-refractivity contribution in [3.63, 3.8) is 0 Å². The number of carbonyl (C=O) groups excluding carboxylic acids is 1. The number of nitrogens with zero attached hydrogens (tertiary/aromatic N) is 5. The van der Waals surface area contributed by atoms with Crippen molar-refractivity contribution in [1.29, 1.82) is 0 Å². The molecular formula is C21H26N6O2. The average Bonchev–Trinajstić information content (AvgIpc) is 3.34. The Morgan fingerprint density at radius 2 is 2.07 bits per heavy atom. The van der Waals surface area contributed by atoms with E-state index in [9.17, 15) is 4.79 Å². The fraction of sp³-hybridized carbons (Fsp3) is 0.476. The topological polar surface area (TPSA) is 98.7 Å². The van der Waals surface area contributed by atoms with Crippen LogP contribution in [0.15, 0.2) is 35.4 Å². The van der Waals surface area contributed by atoms with Gasteiger partial charge in [-0.2, -0.15) is 4.98 Å². The lowest BCUT2D eigenvalue weighted by atomic mass is 10.1. The highest BCUT2D eigenvalue weighted by atomic mass is 16.5. The second-order valence-corrected chi connectivity index (χ2v) is 7.50. The van der Waals surface area contributed by atoms with Gasteiger partial charge in [-0.3, -0.25) is 9.36 Å². The van der Waals surface area contributed by atoms with Gasteiger partial charge in [0, 0.05) is 30.4 Å². The molecule has 1 N–H and O–H groups in total. The molecule has 3 aromatic rings. The van der Waals surface area contributed by atoms with Crippen LogP contribution < -0.4 is 5.32 Å². The molecule has 0 radical (unpaired) electrons. The molecule has 3 aromatic heterocycles. The largest absolute Gasteiger partial charge is 0.348 e. The molecule has 1 aliphatic rings. The molecule has 1 aliphatic carbocycles. The first-order chi connectivity index (χ1) is 14.2. The van der Waals surface area contributed by atoms with E-state index >= 15 is 0 Å². The minimum absolute atomic E-state index is 0.132. The number of hydrogen-bond donors (Lipinski definition) is 1. The predicted molar refractivity (Wildman–Crippen MR) is 108 cm³/mol. The number of pyridine rings is 1. The maximum atomic E-state index is 12.6. The Morgan fingerprint density at radius 3 is 2.86 bits per heavy atom. The van der Waals surface area contributed by atoms with E-state index in [1.165, 1.54) is 25.7 Å². The van der Waals surface area contributed by atoms with Gasteiger partial charge in [-0.05, 0) is 31.4 Å². The summed E-state index contributed by atoms with van der Waals surface area (Å²) in [5, 5.41) is 7.12. The maximum absolute atomic E-state index is 12.6. The van der Waals surface area contributed by atoms with Crippen molar-refractivity contribution in [2.45, 2.75) is 64.3 Å². The van der Waals surface area contributed by atoms with E-state index in [0.717, 1.165) is 31.2 Å². The molecular weight excluding hydrogens is 368 g/mol. The van der Waals surface area contributed by atoms with Crippen LogP contribution in [-0.4, -0.2) is 36.6 Å². The number of rotatable bonds is 6. The molecule has 4 rings (SSSR count). The van der Waals surface area contributed by atoms with Crippen molar-refractivity contribution in [1.82, 2.24) is 30.0 Å². The van der Waals surface area contributed by atoms with E-state index in [-0.39, 0.29) is 11.9 Å². The van der Waals surface area contributed by atoms with Crippen LogP contribution in [0.3, 0.4) is 0 Å². The third-order valence-corrected chi connectivity index (χ3v) is 5.20. The number of hydrogen-bond acceptors (Lipinski definition) is 6. The second kappa shape index (κ2) is 8.98. The molecule has 0 spiro atoms. The summed E-state index contributed by atoms with van der Waals surface area (Å²) in [6.07, 6.45) is 13.7. The first-order valence-corrected chi connectivity index (χ1v) is 10.4. The van der Waals surface area contributed by atoms with Crippen molar-refractivity contribution in [3.8, 4) is 17.3 Å². The van der Waals surface area contributed by atoms with Crippen molar-refractivity contribution in [2.75, 3.05) is 0 Å². The van der Waals surface area contributed by atoms with Gasteiger partial charge >= 0.3 is 0 Å². The summed E-state index contributed by atoms with van der Waals surface area (Å²) in [5.74, 6) is 1.66. The molecule has 0 aliphatic heterocycles. The lowest BCUT2D eigenvalue weighted by Crippen LogP contribution is -2.34. The van der Waals surface area contributed by atoms with Gasteiger partial charge in [0.2, 0.25) is 0 Å². The van der Waals surface area contributed by atoms with Crippen LogP contribution in [0.4, 0.5) is 0 Å². The highest BCUT2D eigenvalue weighted by Gasteiger charge is 2.18. The number of imidazole rings is 1. The third-order valence-electron chi connectivity index (χ3n) is 5.20. The number of aryl methyl sites for hydroxylation is 1. The zero-order valence-electron chi connectivity index (χ0n) is 16.7. The fourth-order valence-corrected chi connectivity index (χ4v) is 3.64. The number of aromatic nitrogens is 5. The highest BCUT2D eigenvalue weighted by molar-refractivity contribution is 5.92. The molecule has 0 aromatic carbocycles. The van der Waals surface area contributed by atoms with E-state index < -0.39 is 0 Å². The number of nitrogens with one attached hydrogen (secondary N) is 1. The molecule has 152 valence electrons. The van der Waals surface area contributed by atoms with Crippen LogP contribution in [-0.2, 0) is 6.42 Å². The van der Waals surface area contributed by atoms with Gasteiger partial charge in [-0.25, -0.2) is 9.97 Å². The average molecular weight is 394 g/mol. The summed E-state index contributed by atoms with van der Waals surface area (Å²) in [4.78, 5) is 25.7. The smallest absolute Gasteiger partial charge is 0.271 e. The normalized spacial score (nSPS) is 15.2. The zero-order chi connectivity index (χ0) is 20.1. The summed E-state index contributed by atoms with van der Waals surface area (Å²) < 4.78 is 7.09. The van der Waals surface area contributed by atoms with E-state index in [1.807, 2.05) is 12.1 Å². The molecule has 0 atom stereocenters. The summed E-state index contributed by atoms with van der Waals surface area (Å²) in [6, 6.07) is 3.91. The Morgan fingerprint density at radius 1 is 1.24 bits per heavy atom. The van der Waals surface area contributed by atoms with E-state index in [0.29, 0.717) is 23.2 Å². The van der Waals surface area contributed by atoms with Crippen molar-refractivity contribution in [3.05, 3.63) is 42.4 Å². The van der Waals surface area contributed by atoms with Crippen molar-refractivity contribution >= 4 is 5.91 Å². The van der Waals surface area contributed by atoms with Crippen LogP contribution in [0.5, 0.6) is 0 Å². The molecule has 1 saturated carbocycles. The molecule has 8 nitrogen and oxygen atoms in total. The van der Waals surface area contributed by atoms with Crippen LogP contribution in [0, 0.1) is 0 Å². The number of carbonyl (C=O) groups is 1. The monoisotopic (exact) mass is 394 g/mol. The minimum Gasteiger partial charge on any atom is -0.348 e. The van der Waals surface area contributed by atoms with Gasteiger partial charge in [0.25, 0.3) is 11.8 Å². The van der Waals surface area contributed by atoms with Crippen LogP contribution in [0.2, 0.25) is 0 Å². The van der Waals surface area contributed by atoms with E-state index in [4.69, 9.17) is 4.52 Å². The zero-order valence-corrected chi connectivity index (χ0v) is 16.7. The van der Waals surface area contributed by atoms with Crippen LogP contribution in [0.1, 0.15) is 68.2 Å². The van der Waals surface area contributed by atoms with Gasteiger partial charge in [-0.1, -0.05) is 37.8 Å². The quantitative estimate of drug-likeness (QED) is 0.640. The van der Waals surface area contributed by atoms with Crippen molar-refractivity contribution < 1.29 is 9.32 Å². The SMILES string of the molecule is CCCc1noc(-c2ccnc(-n3cnc(C(=O)NC4CCCCCC4)c3)c2)n1. The Kier molecular flexibility index (Phi) is 5.97. The maximum Gasteiger partial charge on any atom is 0.271 e. The molecule has 3 heterocycles. The Bertz CT molecular complexity index is 955. The lowest BCUT2D eigenvalue weighted by Gasteiger charge is -2.15. The van der Waals surface area contributed by atoms with Crippen LogP contribution >= 0.6 is 0 Å². The fourth-order valence-electron chi connectivity index (χ4n) is 3.64. The molecule has 8 heteroatoms. The number of amides is 1. The van der Waals surface area contributed by atoms with Crippen LogP contribution in [0.25, 0.3) is 17.3 Å². The Labute approximate surface area is 169 Å². The lowest BCUT2D eigenvalue weighted by molar-refractivity contribution is 0.0928. The van der Waals surface area contributed by atoms with E-state index in [1.54, 1.807) is 23.3 Å². The Hall–Kier alpha value is -3.03. The van der Waals surface area contributed by atoms with Gasteiger partial charge in [-0.15, -0.1) is 0 Å². The first-order valence-electron chi connectivity index (χ1n) is 10.4. The van der Waals surface area contributed by atoms with Gasteiger partial charge < -0.3 is 9.84 Å². The summed E-state index contributed by atoms with van der Waals surface area (Å²) in [7, 11) is 0. The van der Waals surface area contributed by atoms with Crippen molar-refractivity contribution in [2.24, 2.45) is 0 Å². The summed E-state index contributed by atoms with van der Waals surface area (Å²) >= 11 is 0. The minimum atomic E-state index is -0.132. The second-order valence-electron chi connectivity index (χ2n) is 7.50. The van der Waals surface area contributed by atoms with Gasteiger partial charge in [0.05, 0.1) is 0 Å². The van der Waals surface area contributed by atoms with Gasteiger partial charge in [0.1, 0.15) is 17.8 Å². The molecule has 1 amide bonds. The first kappa shape index (κ1) is 19.3. The van der Waals surface area contributed by atoms with E-state index in [2.05, 4.69) is 32.3 Å². The molecule has 0 unspecified atom stereocenters. The molecule has 29 heavy (non-hydrogen) atoms.